The highest BCUT2D eigenvalue weighted by Crippen LogP contribution is 2.16. The molecular weight excluding hydrogens is 322 g/mol. The molecule has 2 aromatic carbocycles. The monoisotopic (exact) mass is 336 g/mol. The fourth-order valence-corrected chi connectivity index (χ4v) is 1.79. The fourth-order valence-electron chi connectivity index (χ4n) is 1.66. The molecule has 0 spiro atoms. The number of hydrogen-bond donors (Lipinski definition) is 0. The van der Waals surface area contributed by atoms with Crippen molar-refractivity contribution in [2.45, 2.75) is 13.3 Å². The van der Waals surface area contributed by atoms with E-state index in [0.29, 0.717) is 23.6 Å². The maximum absolute atomic E-state index is 13.6. The molecule has 0 aliphatic heterocycles. The van der Waals surface area contributed by atoms with Crippen LogP contribution in [0.5, 0.6) is 5.75 Å². The van der Waals surface area contributed by atoms with Gasteiger partial charge in [0.2, 0.25) is 0 Å². The number of halogens is 4. The molecule has 0 bridgehead atoms. The van der Waals surface area contributed by atoms with E-state index < -0.39 is 0 Å². The molecule has 0 N–H and O–H groups in total. The molecule has 2 rings (SSSR count). The zero-order valence-electron chi connectivity index (χ0n) is 10.9. The molecular formula is C15H16Cl3FO. The standard InChI is InChI=1S/C15H14ClFO.2ClH/c1-11-2-3-12(15(17)10-11)8-9-18-14-6-4-13(16)5-7-14;;/h2-7,10H,8-9H2,1H3;2*1H. The highest BCUT2D eigenvalue weighted by molar-refractivity contribution is 6.30. The molecule has 0 saturated carbocycles. The van der Waals surface area contributed by atoms with E-state index in [-0.39, 0.29) is 30.6 Å². The number of benzene rings is 2. The van der Waals surface area contributed by atoms with Gasteiger partial charge >= 0.3 is 0 Å². The van der Waals surface area contributed by atoms with Crippen LogP contribution in [0.15, 0.2) is 42.5 Å². The molecule has 2 aromatic rings. The van der Waals surface area contributed by atoms with Crippen LogP contribution in [0.1, 0.15) is 11.1 Å². The van der Waals surface area contributed by atoms with Crippen molar-refractivity contribution >= 4 is 36.4 Å². The van der Waals surface area contributed by atoms with E-state index in [0.717, 1.165) is 11.3 Å². The van der Waals surface area contributed by atoms with Crippen molar-refractivity contribution in [1.82, 2.24) is 0 Å². The summed E-state index contributed by atoms with van der Waals surface area (Å²) in [6, 6.07) is 12.4. The second-order valence-electron chi connectivity index (χ2n) is 4.15. The first kappa shape index (κ1) is 19.0. The average Bonchev–Trinajstić information content (AvgIpc) is 2.34. The molecule has 0 fully saturated rings. The van der Waals surface area contributed by atoms with Gasteiger partial charge in [0.05, 0.1) is 6.61 Å². The van der Waals surface area contributed by atoms with Crippen molar-refractivity contribution in [3.05, 3.63) is 64.4 Å². The fraction of sp³-hybridized carbons (Fsp3) is 0.200. The Balaban J connectivity index is 0.00000180. The Morgan fingerprint density at radius 3 is 2.30 bits per heavy atom. The minimum Gasteiger partial charge on any atom is -0.493 e. The summed E-state index contributed by atoms with van der Waals surface area (Å²) in [6.07, 6.45) is 0.550. The van der Waals surface area contributed by atoms with Gasteiger partial charge in [-0.1, -0.05) is 23.7 Å². The number of ether oxygens (including phenoxy) is 1. The molecule has 0 heterocycles. The van der Waals surface area contributed by atoms with E-state index in [9.17, 15) is 4.39 Å². The van der Waals surface area contributed by atoms with Gasteiger partial charge in [0.25, 0.3) is 0 Å². The molecule has 20 heavy (non-hydrogen) atoms. The Hall–Kier alpha value is -0.960. The molecule has 0 atom stereocenters. The van der Waals surface area contributed by atoms with E-state index >= 15 is 0 Å². The lowest BCUT2D eigenvalue weighted by Crippen LogP contribution is -2.03. The van der Waals surface area contributed by atoms with Crippen LogP contribution in [0.2, 0.25) is 5.02 Å². The Labute approximate surface area is 135 Å². The Morgan fingerprint density at radius 1 is 1.05 bits per heavy atom. The van der Waals surface area contributed by atoms with Crippen molar-refractivity contribution in [2.24, 2.45) is 0 Å². The van der Waals surface area contributed by atoms with E-state index in [1.165, 1.54) is 6.07 Å². The zero-order valence-corrected chi connectivity index (χ0v) is 13.3. The van der Waals surface area contributed by atoms with Gasteiger partial charge in [0.1, 0.15) is 11.6 Å². The van der Waals surface area contributed by atoms with E-state index in [4.69, 9.17) is 16.3 Å². The molecule has 110 valence electrons. The summed E-state index contributed by atoms with van der Waals surface area (Å²) in [5.41, 5.74) is 1.60. The molecule has 1 nitrogen and oxygen atoms in total. The summed E-state index contributed by atoms with van der Waals surface area (Å²) in [4.78, 5) is 0. The SMILES string of the molecule is Cc1ccc(CCOc2ccc(Cl)cc2)c(F)c1.Cl.Cl. The number of rotatable bonds is 4. The van der Waals surface area contributed by atoms with Crippen LogP contribution in [-0.2, 0) is 6.42 Å². The molecule has 0 aliphatic rings. The average molecular weight is 338 g/mol. The van der Waals surface area contributed by atoms with Gasteiger partial charge in [-0.25, -0.2) is 4.39 Å². The lowest BCUT2D eigenvalue weighted by molar-refractivity contribution is 0.320. The predicted molar refractivity (Wildman–Crippen MR) is 86.3 cm³/mol. The second kappa shape index (κ2) is 9.06. The first-order chi connectivity index (χ1) is 8.65. The maximum Gasteiger partial charge on any atom is 0.126 e. The van der Waals surface area contributed by atoms with Gasteiger partial charge in [0, 0.05) is 11.4 Å². The summed E-state index contributed by atoms with van der Waals surface area (Å²) >= 11 is 5.77. The first-order valence-corrected chi connectivity index (χ1v) is 6.16. The van der Waals surface area contributed by atoms with Crippen LogP contribution in [0.3, 0.4) is 0 Å². The minimum absolute atomic E-state index is 0. The zero-order chi connectivity index (χ0) is 13.0. The molecule has 0 aliphatic carbocycles. The summed E-state index contributed by atoms with van der Waals surface area (Å²) in [5.74, 6) is 0.571. The molecule has 0 unspecified atom stereocenters. The Morgan fingerprint density at radius 2 is 1.70 bits per heavy atom. The minimum atomic E-state index is -0.172. The highest BCUT2D eigenvalue weighted by Gasteiger charge is 2.02. The molecule has 5 heteroatoms. The van der Waals surface area contributed by atoms with E-state index in [1.807, 2.05) is 13.0 Å². The van der Waals surface area contributed by atoms with Gasteiger partial charge < -0.3 is 4.74 Å². The van der Waals surface area contributed by atoms with E-state index in [1.54, 1.807) is 30.3 Å². The van der Waals surface area contributed by atoms with Gasteiger partial charge in [-0.2, -0.15) is 0 Å². The van der Waals surface area contributed by atoms with Crippen LogP contribution in [0, 0.1) is 12.7 Å². The summed E-state index contributed by atoms with van der Waals surface area (Å²) in [6.45, 7) is 2.32. The third-order valence-electron chi connectivity index (χ3n) is 2.66. The van der Waals surface area contributed by atoms with Gasteiger partial charge in [-0.15, -0.1) is 24.8 Å². The molecule has 0 aromatic heterocycles. The lowest BCUT2D eigenvalue weighted by atomic mass is 10.1. The van der Waals surface area contributed by atoms with Crippen molar-refractivity contribution in [3.63, 3.8) is 0 Å². The Bertz CT molecular complexity index is 529. The highest BCUT2D eigenvalue weighted by atomic mass is 35.5. The predicted octanol–water partition coefficient (Wildman–Crippen LogP) is 5.25. The van der Waals surface area contributed by atoms with Crippen LogP contribution >= 0.6 is 36.4 Å². The summed E-state index contributed by atoms with van der Waals surface area (Å²) in [7, 11) is 0. The van der Waals surface area contributed by atoms with Crippen molar-refractivity contribution in [2.75, 3.05) is 6.61 Å². The van der Waals surface area contributed by atoms with Gasteiger partial charge in [-0.3, -0.25) is 0 Å². The van der Waals surface area contributed by atoms with Crippen molar-refractivity contribution in [3.8, 4) is 5.75 Å². The van der Waals surface area contributed by atoms with Crippen LogP contribution in [0.25, 0.3) is 0 Å². The quantitative estimate of drug-likeness (QED) is 0.740. The smallest absolute Gasteiger partial charge is 0.126 e. The van der Waals surface area contributed by atoms with Gasteiger partial charge in [-0.05, 0) is 48.4 Å². The first-order valence-electron chi connectivity index (χ1n) is 5.78. The second-order valence-corrected chi connectivity index (χ2v) is 4.58. The summed E-state index contributed by atoms with van der Waals surface area (Å²) in [5, 5.41) is 0.673. The van der Waals surface area contributed by atoms with Crippen LogP contribution in [0.4, 0.5) is 4.39 Å². The van der Waals surface area contributed by atoms with Crippen molar-refractivity contribution in [1.29, 1.82) is 0 Å². The Kier molecular flexibility index (Phi) is 8.63. The molecule has 0 saturated heterocycles. The van der Waals surface area contributed by atoms with Crippen LogP contribution < -0.4 is 4.74 Å². The van der Waals surface area contributed by atoms with Crippen molar-refractivity contribution < 1.29 is 9.13 Å². The lowest BCUT2D eigenvalue weighted by Gasteiger charge is -2.07. The molecule has 0 radical (unpaired) electrons. The maximum atomic E-state index is 13.6. The third kappa shape index (κ3) is 5.58. The van der Waals surface area contributed by atoms with Crippen LogP contribution in [-0.4, -0.2) is 6.61 Å². The largest absolute Gasteiger partial charge is 0.493 e. The summed E-state index contributed by atoms with van der Waals surface area (Å²) < 4.78 is 19.1. The van der Waals surface area contributed by atoms with E-state index in [2.05, 4.69) is 0 Å². The molecule has 0 amide bonds. The number of hydrogen-bond acceptors (Lipinski definition) is 1. The normalized spacial score (nSPS) is 9.35. The third-order valence-corrected chi connectivity index (χ3v) is 2.91. The number of aryl methyl sites for hydroxylation is 1. The topological polar surface area (TPSA) is 9.23 Å². The van der Waals surface area contributed by atoms with Gasteiger partial charge in [0.15, 0.2) is 0 Å².